The molecule has 1 atom stereocenters. The number of rotatable bonds is 6. The largest absolute Gasteiger partial charge is 0.416 e. The van der Waals surface area contributed by atoms with Gasteiger partial charge in [0.2, 0.25) is 11.8 Å². The van der Waals surface area contributed by atoms with Crippen molar-refractivity contribution < 1.29 is 35.9 Å². The first kappa shape index (κ1) is 23.5. The summed E-state index contributed by atoms with van der Waals surface area (Å²) in [5.74, 6) is -1.88. The van der Waals surface area contributed by atoms with E-state index >= 15 is 0 Å². The van der Waals surface area contributed by atoms with Crippen LogP contribution in [0.25, 0.3) is 0 Å². The lowest BCUT2D eigenvalue weighted by atomic mass is 10.0. The van der Waals surface area contributed by atoms with Gasteiger partial charge in [-0.3, -0.25) is 9.59 Å². The van der Waals surface area contributed by atoms with Gasteiger partial charge in [0.25, 0.3) is 0 Å². The van der Waals surface area contributed by atoms with Gasteiger partial charge >= 0.3 is 12.4 Å². The van der Waals surface area contributed by atoms with E-state index in [0.717, 1.165) is 0 Å². The van der Waals surface area contributed by atoms with Crippen LogP contribution in [-0.4, -0.2) is 17.9 Å². The molecule has 2 aromatic carbocycles. The van der Waals surface area contributed by atoms with Gasteiger partial charge in [-0.05, 0) is 41.5 Å². The molecule has 0 spiro atoms. The Bertz CT molecular complexity index is 894. The van der Waals surface area contributed by atoms with E-state index in [1.807, 2.05) is 0 Å². The molecule has 0 aromatic heterocycles. The maximum atomic E-state index is 12.9. The number of carbonyl (C=O) groups excluding carboxylic acids is 2. The minimum Gasteiger partial charge on any atom is -0.368 e. The number of benzene rings is 2. The Balaban J connectivity index is 2.20. The lowest BCUT2D eigenvalue weighted by Gasteiger charge is -2.17. The quantitative estimate of drug-likeness (QED) is 0.647. The van der Waals surface area contributed by atoms with Gasteiger partial charge in [-0.15, -0.1) is 0 Å². The number of carbonyl (C=O) groups is 2. The molecule has 0 saturated heterocycles. The lowest BCUT2D eigenvalue weighted by molar-refractivity contribution is -0.143. The summed E-state index contributed by atoms with van der Waals surface area (Å²) in [5.41, 5.74) is 2.25. The van der Waals surface area contributed by atoms with E-state index in [4.69, 9.17) is 17.3 Å². The highest BCUT2D eigenvalue weighted by atomic mass is 35.5. The molecule has 2 aromatic rings. The van der Waals surface area contributed by atoms with Crippen molar-refractivity contribution in [2.75, 3.05) is 0 Å². The highest BCUT2D eigenvalue weighted by Crippen LogP contribution is 2.36. The zero-order valence-electron chi connectivity index (χ0n) is 15.1. The molecular weight excluding hydrogens is 438 g/mol. The summed E-state index contributed by atoms with van der Waals surface area (Å²) in [6, 6.07) is 5.89. The second-order valence-corrected chi connectivity index (χ2v) is 6.88. The predicted molar refractivity (Wildman–Crippen MR) is 96.4 cm³/mol. The van der Waals surface area contributed by atoms with Crippen molar-refractivity contribution in [3.05, 3.63) is 69.7 Å². The van der Waals surface area contributed by atoms with Crippen molar-refractivity contribution >= 4 is 23.4 Å². The Kier molecular flexibility index (Phi) is 7.02. The van der Waals surface area contributed by atoms with Gasteiger partial charge < -0.3 is 11.1 Å². The Morgan fingerprint density at radius 2 is 1.40 bits per heavy atom. The van der Waals surface area contributed by atoms with Crippen molar-refractivity contribution in [3.8, 4) is 0 Å². The van der Waals surface area contributed by atoms with Gasteiger partial charge in [0.15, 0.2) is 0 Å². The molecule has 4 nitrogen and oxygen atoms in total. The minimum atomic E-state index is -5.03. The molecule has 2 rings (SSSR count). The first-order valence-corrected chi connectivity index (χ1v) is 8.75. The Morgan fingerprint density at radius 1 is 0.900 bits per heavy atom. The van der Waals surface area contributed by atoms with E-state index in [9.17, 15) is 35.9 Å². The van der Waals surface area contributed by atoms with E-state index < -0.39 is 53.3 Å². The van der Waals surface area contributed by atoms with Crippen LogP contribution < -0.4 is 11.1 Å². The minimum absolute atomic E-state index is 0.0331. The number of hydrogen-bond acceptors (Lipinski definition) is 2. The SMILES string of the molecule is NC(=O)[C@H](Cc1ccc(Cl)cc1)NC(=O)Cc1cc(C(F)(F)F)cc(C(F)(F)F)c1. The van der Waals surface area contributed by atoms with Gasteiger partial charge in [-0.2, -0.15) is 26.3 Å². The second kappa shape index (κ2) is 8.95. The monoisotopic (exact) mass is 452 g/mol. The van der Waals surface area contributed by atoms with Crippen molar-refractivity contribution in [2.45, 2.75) is 31.2 Å². The number of nitrogens with two attached hydrogens (primary N) is 1. The normalized spacial score (nSPS) is 13.0. The van der Waals surface area contributed by atoms with Crippen LogP contribution in [-0.2, 0) is 34.8 Å². The van der Waals surface area contributed by atoms with Gasteiger partial charge in [0, 0.05) is 11.4 Å². The van der Waals surface area contributed by atoms with Crippen LogP contribution in [0.1, 0.15) is 22.3 Å². The van der Waals surface area contributed by atoms with Crippen molar-refractivity contribution in [1.29, 1.82) is 0 Å². The number of nitrogens with one attached hydrogen (secondary N) is 1. The fourth-order valence-electron chi connectivity index (χ4n) is 2.63. The number of alkyl halides is 6. The molecule has 0 radical (unpaired) electrons. The molecule has 3 N–H and O–H groups in total. The van der Waals surface area contributed by atoms with Crippen LogP contribution in [0, 0.1) is 0 Å². The van der Waals surface area contributed by atoms with Crippen LogP contribution in [0.5, 0.6) is 0 Å². The maximum Gasteiger partial charge on any atom is 0.416 e. The molecule has 2 amide bonds. The lowest BCUT2D eigenvalue weighted by Crippen LogP contribution is -2.46. The molecule has 11 heteroatoms. The van der Waals surface area contributed by atoms with Crippen molar-refractivity contribution in [3.63, 3.8) is 0 Å². The standard InChI is InChI=1S/C19H15ClF6N2O2/c20-14-3-1-10(2-4-14)7-15(17(27)30)28-16(29)8-11-5-12(18(21,22)23)9-13(6-11)19(24,25)26/h1-6,9,15H,7-8H2,(H2,27,30)(H,28,29)/t15-/m0/s1. The highest BCUT2D eigenvalue weighted by Gasteiger charge is 2.37. The summed E-state index contributed by atoms with van der Waals surface area (Å²) in [5, 5.41) is 2.67. The Labute approximate surface area is 172 Å². The summed E-state index contributed by atoms with van der Waals surface area (Å²) in [6.45, 7) is 0. The summed E-state index contributed by atoms with van der Waals surface area (Å²) in [4.78, 5) is 23.8. The summed E-state index contributed by atoms with van der Waals surface area (Å²) in [6.07, 6.45) is -10.9. The zero-order chi connectivity index (χ0) is 22.7. The van der Waals surface area contributed by atoms with E-state index in [2.05, 4.69) is 5.32 Å². The molecule has 0 aliphatic rings. The van der Waals surface area contributed by atoms with Crippen LogP contribution in [0.2, 0.25) is 5.02 Å². The topological polar surface area (TPSA) is 72.2 Å². The maximum absolute atomic E-state index is 12.9. The van der Waals surface area contributed by atoms with E-state index in [0.29, 0.717) is 22.7 Å². The van der Waals surface area contributed by atoms with Crippen molar-refractivity contribution in [1.82, 2.24) is 5.32 Å². The number of amides is 2. The fraction of sp³-hybridized carbons (Fsp3) is 0.263. The molecule has 162 valence electrons. The fourth-order valence-corrected chi connectivity index (χ4v) is 2.76. The molecule has 0 bridgehead atoms. The van der Waals surface area contributed by atoms with Gasteiger partial charge in [-0.25, -0.2) is 0 Å². The van der Waals surface area contributed by atoms with E-state index in [1.165, 1.54) is 12.1 Å². The molecule has 0 heterocycles. The first-order chi connectivity index (χ1) is 13.8. The number of hydrogen-bond donors (Lipinski definition) is 2. The molecule has 0 unspecified atom stereocenters. The van der Waals surface area contributed by atoms with Crippen LogP contribution in [0.4, 0.5) is 26.3 Å². The second-order valence-electron chi connectivity index (χ2n) is 6.44. The Morgan fingerprint density at radius 3 is 1.83 bits per heavy atom. The molecule has 0 fully saturated rings. The molecular formula is C19H15ClF6N2O2. The zero-order valence-corrected chi connectivity index (χ0v) is 15.8. The third-order valence-electron chi connectivity index (χ3n) is 4.04. The first-order valence-electron chi connectivity index (χ1n) is 8.37. The molecule has 0 aliphatic carbocycles. The molecule has 0 saturated carbocycles. The van der Waals surface area contributed by atoms with Crippen LogP contribution in [0.15, 0.2) is 42.5 Å². The van der Waals surface area contributed by atoms with Crippen molar-refractivity contribution in [2.24, 2.45) is 5.73 Å². The highest BCUT2D eigenvalue weighted by molar-refractivity contribution is 6.30. The van der Waals surface area contributed by atoms with E-state index in [-0.39, 0.29) is 12.5 Å². The smallest absolute Gasteiger partial charge is 0.368 e. The third kappa shape index (κ3) is 6.65. The number of primary amides is 1. The third-order valence-corrected chi connectivity index (χ3v) is 4.30. The Hall–Kier alpha value is -2.75. The van der Waals surface area contributed by atoms with Gasteiger partial charge in [0.1, 0.15) is 6.04 Å². The average molecular weight is 453 g/mol. The molecule has 30 heavy (non-hydrogen) atoms. The summed E-state index contributed by atoms with van der Waals surface area (Å²) < 4.78 is 77.5. The van der Waals surface area contributed by atoms with E-state index in [1.54, 1.807) is 12.1 Å². The molecule has 0 aliphatic heterocycles. The number of halogens is 7. The predicted octanol–water partition coefficient (Wildman–Crippen LogP) is 4.13. The van der Waals surface area contributed by atoms with Gasteiger partial charge in [0.05, 0.1) is 17.5 Å². The van der Waals surface area contributed by atoms with Gasteiger partial charge in [-0.1, -0.05) is 23.7 Å². The van der Waals surface area contributed by atoms with Crippen LogP contribution >= 0.6 is 11.6 Å². The average Bonchev–Trinajstić information content (AvgIpc) is 2.61. The van der Waals surface area contributed by atoms with Crippen LogP contribution in [0.3, 0.4) is 0 Å². The summed E-state index contributed by atoms with van der Waals surface area (Å²) in [7, 11) is 0. The summed E-state index contributed by atoms with van der Waals surface area (Å²) >= 11 is 5.75.